The number of esters is 1. The predicted molar refractivity (Wildman–Crippen MR) is 79.5 cm³/mol. The molecule has 0 aromatic heterocycles. The zero-order valence-electron chi connectivity index (χ0n) is 11.5. The third-order valence-electron chi connectivity index (χ3n) is 2.34. The van der Waals surface area contributed by atoms with Crippen molar-refractivity contribution in [3.8, 4) is 6.07 Å². The summed E-state index contributed by atoms with van der Waals surface area (Å²) in [6.45, 7) is 1.79. The van der Waals surface area contributed by atoms with E-state index in [0.29, 0.717) is 5.69 Å². The van der Waals surface area contributed by atoms with Crippen LogP contribution in [0.2, 0.25) is 0 Å². The molecule has 0 aliphatic rings. The molecular weight excluding hydrogens is 294 g/mol. The molecule has 110 valence electrons. The quantitative estimate of drug-likeness (QED) is 0.283. The van der Waals surface area contributed by atoms with Crippen molar-refractivity contribution in [3.05, 3.63) is 45.0 Å². The zero-order valence-corrected chi connectivity index (χ0v) is 12.3. The molecule has 0 amide bonds. The van der Waals surface area contributed by atoms with Crippen molar-refractivity contribution in [2.24, 2.45) is 0 Å². The maximum atomic E-state index is 11.7. The number of nitro benzene ring substituents is 1. The summed E-state index contributed by atoms with van der Waals surface area (Å²) in [5.41, 5.74) is 0.150. The van der Waals surface area contributed by atoms with Crippen LogP contribution in [0.4, 0.5) is 11.4 Å². The second-order valence-electron chi connectivity index (χ2n) is 3.67. The molecule has 0 unspecified atom stereocenters. The molecule has 0 spiro atoms. The second-order valence-corrected chi connectivity index (χ2v) is 4.49. The highest BCUT2D eigenvalue weighted by atomic mass is 32.2. The number of nitro groups is 1. The van der Waals surface area contributed by atoms with Crippen LogP contribution >= 0.6 is 11.8 Å². The largest absolute Gasteiger partial charge is 0.462 e. The summed E-state index contributed by atoms with van der Waals surface area (Å²) in [6.07, 6.45) is 1.68. The van der Waals surface area contributed by atoms with Gasteiger partial charge in [0.1, 0.15) is 6.07 Å². The fourth-order valence-electron chi connectivity index (χ4n) is 1.44. The zero-order chi connectivity index (χ0) is 15.8. The number of nitriles is 1. The summed E-state index contributed by atoms with van der Waals surface area (Å²) in [4.78, 5) is 21.9. The number of nitrogens with one attached hydrogen (secondary N) is 1. The maximum absolute atomic E-state index is 11.7. The molecule has 0 radical (unpaired) electrons. The number of thioether (sulfide) groups is 1. The highest BCUT2D eigenvalue weighted by molar-refractivity contribution is 8.02. The third kappa shape index (κ3) is 4.50. The first-order valence-corrected chi connectivity index (χ1v) is 7.12. The Kier molecular flexibility index (Phi) is 6.23. The number of rotatable bonds is 6. The van der Waals surface area contributed by atoms with Crippen LogP contribution in [0.3, 0.4) is 0 Å². The summed E-state index contributed by atoms with van der Waals surface area (Å²) >= 11 is 1.14. The van der Waals surface area contributed by atoms with Gasteiger partial charge in [0, 0.05) is 17.8 Å². The van der Waals surface area contributed by atoms with Gasteiger partial charge in [-0.25, -0.2) is 4.79 Å². The van der Waals surface area contributed by atoms with E-state index in [1.54, 1.807) is 25.3 Å². The van der Waals surface area contributed by atoms with Gasteiger partial charge in [0.15, 0.2) is 5.57 Å². The minimum absolute atomic E-state index is 0.0879. The summed E-state index contributed by atoms with van der Waals surface area (Å²) in [7, 11) is 0. The molecule has 0 aliphatic heterocycles. The number of hydrogen-bond acceptors (Lipinski definition) is 7. The molecule has 1 rings (SSSR count). The lowest BCUT2D eigenvalue weighted by atomic mass is 10.2. The number of carbonyl (C=O) groups excluding carboxylic acids is 1. The molecule has 1 N–H and O–H groups in total. The Labute approximate surface area is 125 Å². The average molecular weight is 307 g/mol. The summed E-state index contributed by atoms with van der Waals surface area (Å²) < 4.78 is 4.80. The highest BCUT2D eigenvalue weighted by Crippen LogP contribution is 2.24. The van der Waals surface area contributed by atoms with E-state index < -0.39 is 10.9 Å². The van der Waals surface area contributed by atoms with Gasteiger partial charge in [-0.1, -0.05) is 6.07 Å². The van der Waals surface area contributed by atoms with Crippen LogP contribution in [-0.4, -0.2) is 23.8 Å². The van der Waals surface area contributed by atoms with Crippen molar-refractivity contribution in [2.45, 2.75) is 6.92 Å². The maximum Gasteiger partial charge on any atom is 0.351 e. The van der Waals surface area contributed by atoms with Crippen molar-refractivity contribution in [1.29, 1.82) is 5.26 Å². The van der Waals surface area contributed by atoms with Crippen LogP contribution in [0.1, 0.15) is 6.92 Å². The molecule has 21 heavy (non-hydrogen) atoms. The van der Waals surface area contributed by atoms with Crippen LogP contribution < -0.4 is 5.32 Å². The normalized spacial score (nSPS) is 11.1. The number of ether oxygens (including phenoxy) is 1. The average Bonchev–Trinajstić information content (AvgIpc) is 2.47. The van der Waals surface area contributed by atoms with E-state index in [1.165, 1.54) is 18.2 Å². The summed E-state index contributed by atoms with van der Waals surface area (Å²) in [5, 5.41) is 22.9. The van der Waals surface area contributed by atoms with Gasteiger partial charge in [-0.15, -0.1) is 11.8 Å². The first-order valence-electron chi connectivity index (χ1n) is 5.90. The Morgan fingerprint density at radius 1 is 1.57 bits per heavy atom. The van der Waals surface area contributed by atoms with E-state index in [2.05, 4.69) is 5.32 Å². The van der Waals surface area contributed by atoms with Gasteiger partial charge in [0.05, 0.1) is 16.6 Å². The fraction of sp³-hybridized carbons (Fsp3) is 0.231. The molecule has 7 nitrogen and oxygen atoms in total. The van der Waals surface area contributed by atoms with Gasteiger partial charge in [0.25, 0.3) is 5.69 Å². The molecular formula is C13H13N3O4S. The number of anilines is 1. The lowest BCUT2D eigenvalue weighted by Crippen LogP contribution is -2.11. The van der Waals surface area contributed by atoms with Crippen LogP contribution in [0.15, 0.2) is 34.9 Å². The molecule has 0 saturated heterocycles. The second kappa shape index (κ2) is 7.91. The first-order chi connectivity index (χ1) is 10.0. The van der Waals surface area contributed by atoms with Crippen LogP contribution in [-0.2, 0) is 9.53 Å². The van der Waals surface area contributed by atoms with Crippen LogP contribution in [0, 0.1) is 21.4 Å². The van der Waals surface area contributed by atoms with Gasteiger partial charge in [0.2, 0.25) is 0 Å². The smallest absolute Gasteiger partial charge is 0.351 e. The van der Waals surface area contributed by atoms with E-state index in [-0.39, 0.29) is 22.9 Å². The Morgan fingerprint density at radius 2 is 2.29 bits per heavy atom. The van der Waals surface area contributed by atoms with Gasteiger partial charge in [-0.05, 0) is 19.2 Å². The number of hydrogen-bond donors (Lipinski definition) is 1. The van der Waals surface area contributed by atoms with E-state index in [0.717, 1.165) is 11.8 Å². The lowest BCUT2D eigenvalue weighted by molar-refractivity contribution is -0.384. The number of benzene rings is 1. The van der Waals surface area contributed by atoms with E-state index in [9.17, 15) is 14.9 Å². The molecule has 1 aromatic carbocycles. The first kappa shape index (κ1) is 16.5. The predicted octanol–water partition coefficient (Wildman–Crippen LogP) is 2.67. The summed E-state index contributed by atoms with van der Waals surface area (Å²) in [6, 6.07) is 7.56. The highest BCUT2D eigenvalue weighted by Gasteiger charge is 2.17. The molecule has 1 aromatic rings. The summed E-state index contributed by atoms with van der Waals surface area (Å²) in [5.74, 6) is -0.734. The van der Waals surface area contributed by atoms with Gasteiger partial charge < -0.3 is 10.1 Å². The van der Waals surface area contributed by atoms with Crippen molar-refractivity contribution in [3.63, 3.8) is 0 Å². The molecule has 0 heterocycles. The van der Waals surface area contributed by atoms with Crippen molar-refractivity contribution in [1.82, 2.24) is 0 Å². The molecule has 0 saturated carbocycles. The number of carbonyl (C=O) groups is 1. The minimum Gasteiger partial charge on any atom is -0.462 e. The fourth-order valence-corrected chi connectivity index (χ4v) is 1.99. The minimum atomic E-state index is -0.734. The van der Waals surface area contributed by atoms with Crippen molar-refractivity contribution < 1.29 is 14.5 Å². The van der Waals surface area contributed by atoms with E-state index in [4.69, 9.17) is 10.00 Å². The Balaban J connectivity index is 3.11. The van der Waals surface area contributed by atoms with E-state index >= 15 is 0 Å². The lowest BCUT2D eigenvalue weighted by Gasteiger charge is -2.10. The van der Waals surface area contributed by atoms with Crippen molar-refractivity contribution >= 4 is 29.1 Å². The Hall–Kier alpha value is -2.53. The third-order valence-corrected chi connectivity index (χ3v) is 3.05. The van der Waals surface area contributed by atoms with Crippen LogP contribution in [0.25, 0.3) is 0 Å². The molecule has 0 fully saturated rings. The van der Waals surface area contributed by atoms with Gasteiger partial charge in [-0.3, -0.25) is 10.1 Å². The SMILES string of the molecule is CCOC(=O)/C(C#N)=C(\Nc1cccc([N+](=O)[O-])c1)SC. The van der Waals surface area contributed by atoms with Gasteiger partial charge >= 0.3 is 5.97 Å². The molecule has 0 atom stereocenters. The van der Waals surface area contributed by atoms with Gasteiger partial charge in [-0.2, -0.15) is 5.26 Å². The Bertz CT molecular complexity index is 622. The monoisotopic (exact) mass is 307 g/mol. The molecule has 0 aliphatic carbocycles. The number of non-ortho nitro benzene ring substituents is 1. The number of nitrogens with zero attached hydrogens (tertiary/aromatic N) is 2. The Morgan fingerprint density at radius 3 is 2.81 bits per heavy atom. The van der Waals surface area contributed by atoms with Crippen LogP contribution in [0.5, 0.6) is 0 Å². The molecule has 0 bridgehead atoms. The topological polar surface area (TPSA) is 105 Å². The molecule has 8 heteroatoms. The van der Waals surface area contributed by atoms with Crippen molar-refractivity contribution in [2.75, 3.05) is 18.2 Å². The standard InChI is InChI=1S/C13H13N3O4S/c1-3-20-13(17)11(8-14)12(21-2)15-9-5-4-6-10(7-9)16(18)19/h4-7,15H,3H2,1-2H3/b12-11+. The van der Waals surface area contributed by atoms with E-state index in [1.807, 2.05) is 0 Å².